The summed E-state index contributed by atoms with van der Waals surface area (Å²) in [6.45, 7) is 1.06. The van der Waals surface area contributed by atoms with Crippen LogP contribution >= 0.6 is 27.5 Å². The summed E-state index contributed by atoms with van der Waals surface area (Å²) in [5, 5.41) is 12.1. The summed E-state index contributed by atoms with van der Waals surface area (Å²) in [5.74, 6) is -0.830. The molecule has 8 heteroatoms. The van der Waals surface area contributed by atoms with Gasteiger partial charge in [0.25, 0.3) is 5.91 Å². The van der Waals surface area contributed by atoms with Crippen LogP contribution in [0.25, 0.3) is 0 Å². The van der Waals surface area contributed by atoms with Crippen LogP contribution in [0.2, 0.25) is 5.02 Å². The lowest BCUT2D eigenvalue weighted by Gasteiger charge is -2.14. The fourth-order valence-corrected chi connectivity index (χ4v) is 2.73. The Morgan fingerprint density at radius 1 is 1.31 bits per heavy atom. The van der Waals surface area contributed by atoms with Gasteiger partial charge in [0.15, 0.2) is 12.7 Å². The van der Waals surface area contributed by atoms with E-state index in [-0.39, 0.29) is 6.61 Å². The minimum Gasteiger partial charge on any atom is -0.481 e. The average Bonchev–Trinajstić information content (AvgIpc) is 2.61. The van der Waals surface area contributed by atoms with Crippen molar-refractivity contribution in [2.45, 2.75) is 13.0 Å². The first-order valence-electron chi connectivity index (χ1n) is 7.48. The maximum absolute atomic E-state index is 12.1. The number of nitrogens with one attached hydrogen (secondary N) is 1. The third-order valence-electron chi connectivity index (χ3n) is 3.22. The Hall–Kier alpha value is -2.56. The SMILES string of the molecule is CC(OC(=O)COc1ccc(Cl)cc1Br)C(=O)Nc1ccccc1C#N. The minimum absolute atomic E-state index is 0.315. The molecular weight excluding hydrogens is 424 g/mol. The van der Waals surface area contributed by atoms with Crippen molar-refractivity contribution in [3.63, 3.8) is 0 Å². The number of ether oxygens (including phenoxy) is 2. The second kappa shape index (κ2) is 9.22. The summed E-state index contributed by atoms with van der Waals surface area (Å²) in [6.07, 6.45) is -1.05. The zero-order valence-electron chi connectivity index (χ0n) is 13.7. The number of amides is 1. The molecule has 0 aliphatic carbocycles. The second-order valence-corrected chi connectivity index (χ2v) is 6.43. The van der Waals surface area contributed by atoms with Crippen LogP contribution in [0.5, 0.6) is 5.75 Å². The van der Waals surface area contributed by atoms with Crippen molar-refractivity contribution >= 4 is 45.1 Å². The first-order chi connectivity index (χ1) is 12.4. The molecule has 0 saturated heterocycles. The molecule has 6 nitrogen and oxygen atoms in total. The second-order valence-electron chi connectivity index (χ2n) is 5.14. The van der Waals surface area contributed by atoms with Crippen LogP contribution in [-0.2, 0) is 14.3 Å². The normalized spacial score (nSPS) is 11.2. The molecule has 0 saturated carbocycles. The number of nitriles is 1. The highest BCUT2D eigenvalue weighted by molar-refractivity contribution is 9.10. The van der Waals surface area contributed by atoms with Gasteiger partial charge in [0.2, 0.25) is 0 Å². The van der Waals surface area contributed by atoms with Gasteiger partial charge in [0, 0.05) is 5.02 Å². The molecule has 0 heterocycles. The fourth-order valence-electron chi connectivity index (χ4n) is 1.94. The van der Waals surface area contributed by atoms with Gasteiger partial charge in [0.1, 0.15) is 11.8 Å². The lowest BCUT2D eigenvalue weighted by Crippen LogP contribution is -2.31. The lowest BCUT2D eigenvalue weighted by atomic mass is 10.2. The number of benzene rings is 2. The number of esters is 1. The Bertz CT molecular complexity index is 867. The molecule has 1 N–H and O–H groups in total. The number of nitrogens with zero attached hydrogens (tertiary/aromatic N) is 1. The number of hydrogen-bond acceptors (Lipinski definition) is 5. The molecule has 1 amide bonds. The van der Waals surface area contributed by atoms with Gasteiger partial charge in [-0.3, -0.25) is 4.79 Å². The molecule has 0 aromatic heterocycles. The number of hydrogen-bond donors (Lipinski definition) is 1. The molecule has 0 bridgehead atoms. The Morgan fingerprint density at radius 3 is 2.73 bits per heavy atom. The molecule has 26 heavy (non-hydrogen) atoms. The zero-order chi connectivity index (χ0) is 19.1. The van der Waals surface area contributed by atoms with Crippen LogP contribution in [0.4, 0.5) is 5.69 Å². The molecule has 2 aromatic rings. The van der Waals surface area contributed by atoms with Gasteiger partial charge in [-0.15, -0.1) is 0 Å². The van der Waals surface area contributed by atoms with Gasteiger partial charge in [-0.05, 0) is 53.2 Å². The Kier molecular flexibility index (Phi) is 7.01. The smallest absolute Gasteiger partial charge is 0.344 e. The van der Waals surface area contributed by atoms with Gasteiger partial charge in [0.05, 0.1) is 15.7 Å². The van der Waals surface area contributed by atoms with Crippen molar-refractivity contribution in [2.75, 3.05) is 11.9 Å². The van der Waals surface area contributed by atoms with Crippen LogP contribution < -0.4 is 10.1 Å². The van der Waals surface area contributed by atoms with Gasteiger partial charge < -0.3 is 14.8 Å². The lowest BCUT2D eigenvalue weighted by molar-refractivity contribution is -0.155. The van der Waals surface area contributed by atoms with Crippen LogP contribution in [0, 0.1) is 11.3 Å². The number of carbonyl (C=O) groups excluding carboxylic acids is 2. The summed E-state index contributed by atoms with van der Waals surface area (Å²) in [5.41, 5.74) is 0.666. The van der Waals surface area contributed by atoms with Crippen molar-refractivity contribution in [1.82, 2.24) is 0 Å². The van der Waals surface area contributed by atoms with E-state index in [4.69, 9.17) is 26.3 Å². The van der Waals surface area contributed by atoms with E-state index in [9.17, 15) is 9.59 Å². The van der Waals surface area contributed by atoms with Crippen LogP contribution in [0.3, 0.4) is 0 Å². The molecule has 134 valence electrons. The van der Waals surface area contributed by atoms with Crippen molar-refractivity contribution < 1.29 is 19.1 Å². The Morgan fingerprint density at radius 2 is 2.04 bits per heavy atom. The van der Waals surface area contributed by atoms with E-state index >= 15 is 0 Å². The maximum atomic E-state index is 12.1. The molecular formula is C18H14BrClN2O4. The van der Waals surface area contributed by atoms with Crippen LogP contribution in [0.15, 0.2) is 46.9 Å². The van der Waals surface area contributed by atoms with Crippen molar-refractivity contribution in [3.8, 4) is 11.8 Å². The molecule has 1 atom stereocenters. The van der Waals surface area contributed by atoms with E-state index in [1.54, 1.807) is 42.5 Å². The third-order valence-corrected chi connectivity index (χ3v) is 4.08. The number of para-hydroxylation sites is 1. The standard InChI is InChI=1S/C18H14BrClN2O4/c1-11(18(24)22-15-5-3-2-4-12(15)9-21)26-17(23)10-25-16-7-6-13(20)8-14(16)19/h2-8,11H,10H2,1H3,(H,22,24). The average molecular weight is 438 g/mol. The van der Waals surface area contributed by atoms with E-state index in [1.165, 1.54) is 6.92 Å². The van der Waals surface area contributed by atoms with Gasteiger partial charge in [-0.1, -0.05) is 23.7 Å². The van der Waals surface area contributed by atoms with Gasteiger partial charge >= 0.3 is 5.97 Å². The summed E-state index contributed by atoms with van der Waals surface area (Å²) in [7, 11) is 0. The van der Waals surface area contributed by atoms with Gasteiger partial charge in [-0.2, -0.15) is 5.26 Å². The van der Waals surface area contributed by atoms with E-state index < -0.39 is 18.0 Å². The predicted octanol–water partition coefficient (Wildman–Crippen LogP) is 3.92. The fraction of sp³-hybridized carbons (Fsp3) is 0.167. The molecule has 0 fully saturated rings. The molecule has 1 unspecified atom stereocenters. The predicted molar refractivity (Wildman–Crippen MR) is 100.0 cm³/mol. The monoisotopic (exact) mass is 436 g/mol. The van der Waals surface area contributed by atoms with Gasteiger partial charge in [-0.25, -0.2) is 4.79 Å². The van der Waals surface area contributed by atoms with Crippen molar-refractivity contribution in [2.24, 2.45) is 0 Å². The highest BCUT2D eigenvalue weighted by Gasteiger charge is 2.19. The molecule has 2 rings (SSSR count). The Labute approximate surface area is 163 Å². The van der Waals surface area contributed by atoms with Crippen molar-refractivity contribution in [1.29, 1.82) is 5.26 Å². The third kappa shape index (κ3) is 5.48. The first kappa shape index (κ1) is 19.8. The first-order valence-corrected chi connectivity index (χ1v) is 8.65. The quantitative estimate of drug-likeness (QED) is 0.692. The number of halogens is 2. The summed E-state index contributed by atoms with van der Waals surface area (Å²) >= 11 is 9.10. The molecule has 0 aliphatic heterocycles. The van der Waals surface area contributed by atoms with E-state index in [0.717, 1.165) is 0 Å². The number of rotatable bonds is 6. The highest BCUT2D eigenvalue weighted by atomic mass is 79.9. The summed E-state index contributed by atoms with van der Waals surface area (Å²) < 4.78 is 11.0. The molecule has 0 spiro atoms. The van der Waals surface area contributed by atoms with E-state index in [0.29, 0.717) is 26.5 Å². The minimum atomic E-state index is -1.05. The highest BCUT2D eigenvalue weighted by Crippen LogP contribution is 2.27. The maximum Gasteiger partial charge on any atom is 0.344 e. The molecule has 2 aromatic carbocycles. The molecule has 0 radical (unpaired) electrons. The largest absolute Gasteiger partial charge is 0.481 e. The summed E-state index contributed by atoms with van der Waals surface area (Å²) in [4.78, 5) is 24.0. The number of anilines is 1. The topological polar surface area (TPSA) is 88.4 Å². The van der Waals surface area contributed by atoms with Crippen LogP contribution in [-0.4, -0.2) is 24.6 Å². The van der Waals surface area contributed by atoms with Crippen molar-refractivity contribution in [3.05, 3.63) is 57.5 Å². The van der Waals surface area contributed by atoms with E-state index in [1.807, 2.05) is 6.07 Å². The molecule has 0 aliphatic rings. The Balaban J connectivity index is 1.88. The zero-order valence-corrected chi connectivity index (χ0v) is 16.0. The van der Waals surface area contributed by atoms with E-state index in [2.05, 4.69) is 21.2 Å². The van der Waals surface area contributed by atoms with Crippen LogP contribution in [0.1, 0.15) is 12.5 Å². The number of carbonyl (C=O) groups is 2. The summed E-state index contributed by atoms with van der Waals surface area (Å²) in [6, 6.07) is 13.4.